The topological polar surface area (TPSA) is 123 Å². The van der Waals surface area contributed by atoms with E-state index in [1.54, 1.807) is 17.1 Å². The molecule has 1 aliphatic heterocycles. The molecule has 3 heterocycles. The molecule has 1 saturated heterocycles. The number of aromatic nitrogens is 3. The first-order valence-electron chi connectivity index (χ1n) is 8.88. The minimum Gasteiger partial charge on any atom is -0.359 e. The average Bonchev–Trinajstić information content (AvgIpc) is 3.28. The van der Waals surface area contributed by atoms with Crippen LogP contribution in [0.2, 0.25) is 0 Å². The Labute approximate surface area is 167 Å². The molecule has 1 atom stereocenters. The van der Waals surface area contributed by atoms with E-state index in [1.807, 2.05) is 13.8 Å². The lowest BCUT2D eigenvalue weighted by Crippen LogP contribution is -2.20. The van der Waals surface area contributed by atoms with E-state index in [-0.39, 0.29) is 42.2 Å². The fourth-order valence-electron chi connectivity index (χ4n) is 3.30. The second-order valence-electron chi connectivity index (χ2n) is 6.87. The van der Waals surface area contributed by atoms with Gasteiger partial charge in [0.1, 0.15) is 0 Å². The van der Waals surface area contributed by atoms with Crippen LogP contribution < -0.4 is 10.6 Å². The molecule has 0 bridgehead atoms. The van der Waals surface area contributed by atoms with Gasteiger partial charge in [-0.15, -0.1) is 11.3 Å². The first-order valence-corrected chi connectivity index (χ1v) is 11.6. The number of rotatable bonds is 6. The highest BCUT2D eigenvalue weighted by Gasteiger charge is 2.31. The zero-order chi connectivity index (χ0) is 20.5. The van der Waals surface area contributed by atoms with Crippen molar-refractivity contribution in [3.05, 3.63) is 28.0 Å². The molecule has 1 fully saturated rings. The van der Waals surface area contributed by atoms with Crippen LogP contribution in [0, 0.1) is 13.8 Å². The van der Waals surface area contributed by atoms with Crippen molar-refractivity contribution in [2.45, 2.75) is 39.2 Å². The van der Waals surface area contributed by atoms with Crippen molar-refractivity contribution >= 4 is 38.1 Å². The van der Waals surface area contributed by atoms with Crippen LogP contribution in [0.1, 0.15) is 35.1 Å². The summed E-state index contributed by atoms with van der Waals surface area (Å²) in [5.74, 6) is -0.108. The molecule has 0 aromatic carbocycles. The molecule has 9 nitrogen and oxygen atoms in total. The highest BCUT2D eigenvalue weighted by atomic mass is 32.2. The Bertz CT molecular complexity index is 1010. The summed E-state index contributed by atoms with van der Waals surface area (Å²) < 4.78 is 25.2. The van der Waals surface area contributed by atoms with E-state index >= 15 is 0 Å². The van der Waals surface area contributed by atoms with Crippen LogP contribution in [-0.4, -0.2) is 53.5 Å². The van der Waals surface area contributed by atoms with Gasteiger partial charge in [-0.3, -0.25) is 14.3 Å². The Kier molecular flexibility index (Phi) is 5.84. The molecule has 0 saturated carbocycles. The zero-order valence-corrected chi connectivity index (χ0v) is 17.6. The Hall–Kier alpha value is -2.27. The van der Waals surface area contributed by atoms with E-state index in [0.717, 1.165) is 17.0 Å². The lowest BCUT2D eigenvalue weighted by molar-refractivity contribution is -0.120. The molecule has 3 rings (SSSR count). The number of anilines is 1. The number of hydrogen-bond acceptors (Lipinski definition) is 7. The predicted molar refractivity (Wildman–Crippen MR) is 106 cm³/mol. The monoisotopic (exact) mass is 425 g/mol. The molecule has 11 heteroatoms. The largest absolute Gasteiger partial charge is 0.359 e. The second-order valence-corrected chi connectivity index (χ2v) is 9.96. The minimum atomic E-state index is -3.01. The van der Waals surface area contributed by atoms with Crippen molar-refractivity contribution < 1.29 is 18.0 Å². The van der Waals surface area contributed by atoms with Gasteiger partial charge in [0, 0.05) is 23.7 Å². The van der Waals surface area contributed by atoms with Crippen molar-refractivity contribution in [3.8, 4) is 0 Å². The van der Waals surface area contributed by atoms with Crippen LogP contribution in [0.4, 0.5) is 5.13 Å². The third-order valence-corrected chi connectivity index (χ3v) is 7.34. The lowest BCUT2D eigenvalue weighted by Gasteiger charge is -2.11. The molecule has 2 aromatic rings. The molecule has 2 aromatic heterocycles. The van der Waals surface area contributed by atoms with Crippen LogP contribution in [-0.2, 0) is 32.3 Å². The lowest BCUT2D eigenvalue weighted by atomic mass is 10.1. The smallest absolute Gasteiger partial charge is 0.230 e. The first kappa shape index (κ1) is 20.5. The summed E-state index contributed by atoms with van der Waals surface area (Å²) in [6, 6.07) is -0.174. The van der Waals surface area contributed by atoms with Gasteiger partial charge in [-0.1, -0.05) is 0 Å². The van der Waals surface area contributed by atoms with Crippen LogP contribution in [0.5, 0.6) is 0 Å². The SMILES string of the molecule is CNC(=O)Cc1csc(NC(=O)Cc2c(C)nn(C3CCS(=O)(=O)C3)c2C)n1. The number of hydrogen-bond donors (Lipinski definition) is 2. The highest BCUT2D eigenvalue weighted by Crippen LogP contribution is 2.27. The molecule has 1 aliphatic rings. The number of nitrogens with one attached hydrogen (secondary N) is 2. The third kappa shape index (κ3) is 4.58. The van der Waals surface area contributed by atoms with Crippen LogP contribution in [0.15, 0.2) is 5.38 Å². The van der Waals surface area contributed by atoms with Crippen molar-refractivity contribution in [2.24, 2.45) is 0 Å². The molecular formula is C17H23N5O4S2. The maximum Gasteiger partial charge on any atom is 0.230 e. The number of aryl methyl sites for hydroxylation is 1. The van der Waals surface area contributed by atoms with Gasteiger partial charge in [-0.25, -0.2) is 13.4 Å². The molecule has 2 N–H and O–H groups in total. The molecule has 0 radical (unpaired) electrons. The second kappa shape index (κ2) is 8.00. The molecule has 0 spiro atoms. The summed E-state index contributed by atoms with van der Waals surface area (Å²) in [4.78, 5) is 28.1. The van der Waals surface area contributed by atoms with Gasteiger partial charge in [0.05, 0.1) is 41.8 Å². The third-order valence-electron chi connectivity index (χ3n) is 4.79. The number of carbonyl (C=O) groups is 2. The summed E-state index contributed by atoms with van der Waals surface area (Å²) in [5.41, 5.74) is 2.93. The van der Waals surface area contributed by atoms with E-state index in [1.165, 1.54) is 11.3 Å². The van der Waals surface area contributed by atoms with Crippen LogP contribution >= 0.6 is 11.3 Å². The first-order chi connectivity index (χ1) is 13.2. The van der Waals surface area contributed by atoms with Crippen molar-refractivity contribution in [1.29, 1.82) is 0 Å². The maximum absolute atomic E-state index is 12.5. The summed E-state index contributed by atoms with van der Waals surface area (Å²) in [5, 5.41) is 11.9. The van der Waals surface area contributed by atoms with Gasteiger partial charge >= 0.3 is 0 Å². The van der Waals surface area contributed by atoms with Crippen LogP contribution in [0.25, 0.3) is 0 Å². The zero-order valence-electron chi connectivity index (χ0n) is 16.0. The molecule has 152 valence electrons. The number of thiazole rings is 1. The van der Waals surface area contributed by atoms with Gasteiger partial charge in [0.2, 0.25) is 11.8 Å². The Morgan fingerprint density at radius 1 is 1.29 bits per heavy atom. The number of amides is 2. The molecule has 1 unspecified atom stereocenters. The molecule has 0 aliphatic carbocycles. The van der Waals surface area contributed by atoms with Gasteiger partial charge in [0.15, 0.2) is 15.0 Å². The maximum atomic E-state index is 12.5. The van der Waals surface area contributed by atoms with Gasteiger partial charge in [-0.05, 0) is 20.3 Å². The standard InChI is InChI=1S/C17H23N5O4S2/c1-10-14(11(2)22(21-10)13-4-5-28(25,26)9-13)7-16(24)20-17-19-12(8-27-17)6-15(23)18-3/h8,13H,4-7,9H2,1-3H3,(H,18,23)(H,19,20,24). The highest BCUT2D eigenvalue weighted by molar-refractivity contribution is 7.91. The van der Waals surface area contributed by atoms with Crippen molar-refractivity contribution in [2.75, 3.05) is 23.9 Å². The Morgan fingerprint density at radius 2 is 2.04 bits per heavy atom. The number of nitrogens with zero attached hydrogens (tertiary/aromatic N) is 3. The van der Waals surface area contributed by atoms with Crippen molar-refractivity contribution in [1.82, 2.24) is 20.1 Å². The number of sulfone groups is 1. The van der Waals surface area contributed by atoms with E-state index in [0.29, 0.717) is 17.2 Å². The fourth-order valence-corrected chi connectivity index (χ4v) is 5.72. The van der Waals surface area contributed by atoms with Crippen molar-refractivity contribution in [3.63, 3.8) is 0 Å². The Morgan fingerprint density at radius 3 is 2.68 bits per heavy atom. The molecular weight excluding hydrogens is 402 g/mol. The average molecular weight is 426 g/mol. The summed E-state index contributed by atoms with van der Waals surface area (Å²) in [6.07, 6.45) is 0.836. The number of likely N-dealkylation sites (N-methyl/N-ethyl adjacent to an activating group) is 1. The molecule has 28 heavy (non-hydrogen) atoms. The van der Waals surface area contributed by atoms with Crippen LogP contribution in [0.3, 0.4) is 0 Å². The molecule has 2 amide bonds. The fraction of sp³-hybridized carbons (Fsp3) is 0.529. The van der Waals surface area contributed by atoms with Gasteiger partial charge in [-0.2, -0.15) is 5.10 Å². The predicted octanol–water partition coefficient (Wildman–Crippen LogP) is 0.786. The summed E-state index contributed by atoms with van der Waals surface area (Å²) >= 11 is 1.26. The minimum absolute atomic E-state index is 0.0911. The quantitative estimate of drug-likeness (QED) is 0.705. The Balaban J connectivity index is 1.67. The van der Waals surface area contributed by atoms with E-state index in [4.69, 9.17) is 0 Å². The van der Waals surface area contributed by atoms with E-state index in [9.17, 15) is 18.0 Å². The van der Waals surface area contributed by atoms with E-state index in [2.05, 4.69) is 20.7 Å². The van der Waals surface area contributed by atoms with E-state index < -0.39 is 9.84 Å². The van der Waals surface area contributed by atoms with Gasteiger partial charge in [0.25, 0.3) is 0 Å². The summed E-state index contributed by atoms with van der Waals surface area (Å²) in [6.45, 7) is 3.68. The van der Waals surface area contributed by atoms with Gasteiger partial charge < -0.3 is 10.6 Å². The number of carbonyl (C=O) groups excluding carboxylic acids is 2. The normalized spacial score (nSPS) is 18.2. The summed E-state index contributed by atoms with van der Waals surface area (Å²) in [7, 11) is -1.45.